The fourth-order valence-electron chi connectivity index (χ4n) is 0.354. The van der Waals surface area contributed by atoms with Crippen LogP contribution >= 0.6 is 0 Å². The summed E-state index contributed by atoms with van der Waals surface area (Å²) >= 11 is 0. The van der Waals surface area contributed by atoms with Gasteiger partial charge in [0.2, 0.25) is 0 Å². The summed E-state index contributed by atoms with van der Waals surface area (Å²) in [5.41, 5.74) is 0. The third-order valence-electron chi connectivity index (χ3n) is 0.707. The maximum atomic E-state index is 2.27. The van der Waals surface area contributed by atoms with Gasteiger partial charge < -0.3 is 0 Å². The molecular weight excluding hydrogens is 167 g/mol. The zero-order valence-electron chi connectivity index (χ0n) is 4.62. The van der Waals surface area contributed by atoms with Crippen LogP contribution in [0.3, 0.4) is 0 Å². The molecule has 0 aromatic carbocycles. The molecule has 0 rings (SSSR count). The summed E-state index contributed by atoms with van der Waals surface area (Å²) in [6.45, 7) is 4.55. The van der Waals surface area contributed by atoms with Crippen LogP contribution in [0.2, 0.25) is 12.1 Å². The summed E-state index contributed by atoms with van der Waals surface area (Å²) in [6, 6.07) is 2.97. The van der Waals surface area contributed by atoms with Crippen molar-refractivity contribution >= 4 is 9.52 Å². The van der Waals surface area contributed by atoms with E-state index in [2.05, 4.69) is 13.8 Å². The predicted octanol–water partition coefficient (Wildman–Crippen LogP) is 1.03. The molecule has 0 heterocycles. The van der Waals surface area contributed by atoms with Gasteiger partial charge >= 0.3 is 0 Å². The van der Waals surface area contributed by atoms with Crippen molar-refractivity contribution < 1.29 is 26.2 Å². The smallest absolute Gasteiger partial charge is 0.0192 e. The standard InChI is InChI=1S/C4H12Si.Zr/c1-3-5-4-2;/h3-5H2,1-2H3;. The molecule has 0 radical (unpaired) electrons. The van der Waals surface area contributed by atoms with Gasteiger partial charge in [0.05, 0.1) is 0 Å². The van der Waals surface area contributed by atoms with Crippen LogP contribution in [0, 0.1) is 0 Å². The number of hydrogen-bond donors (Lipinski definition) is 0. The van der Waals surface area contributed by atoms with Crippen molar-refractivity contribution in [3.8, 4) is 0 Å². The minimum absolute atomic E-state index is 0. The van der Waals surface area contributed by atoms with E-state index < -0.39 is 0 Å². The largest absolute Gasteiger partial charge is 0.0683 e. The van der Waals surface area contributed by atoms with E-state index in [9.17, 15) is 0 Å². The van der Waals surface area contributed by atoms with Crippen molar-refractivity contribution in [2.75, 3.05) is 0 Å². The molecular formula is C4H12SiZr. The Bertz CT molecular complexity index is 15.0. The third-order valence-corrected chi connectivity index (χ3v) is 2.12. The second-order valence-electron chi connectivity index (χ2n) is 1.35. The van der Waals surface area contributed by atoms with E-state index in [0.29, 0.717) is 9.52 Å². The van der Waals surface area contributed by atoms with Gasteiger partial charge in [0.1, 0.15) is 0 Å². The molecule has 6 heavy (non-hydrogen) atoms. The molecule has 0 unspecified atom stereocenters. The van der Waals surface area contributed by atoms with E-state index in [1.165, 1.54) is 12.1 Å². The Hall–Kier alpha value is 1.10. The average molecular weight is 179 g/mol. The second kappa shape index (κ2) is 9.44. The van der Waals surface area contributed by atoms with Crippen LogP contribution in [-0.2, 0) is 26.2 Å². The minimum atomic E-state index is 0. The van der Waals surface area contributed by atoms with Crippen LogP contribution in [0.5, 0.6) is 0 Å². The molecule has 0 amide bonds. The molecule has 0 nitrogen and oxygen atoms in total. The van der Waals surface area contributed by atoms with Gasteiger partial charge in [0.15, 0.2) is 0 Å². The van der Waals surface area contributed by atoms with Crippen LogP contribution in [0.1, 0.15) is 13.8 Å². The quantitative estimate of drug-likeness (QED) is 0.556. The molecule has 0 fully saturated rings. The van der Waals surface area contributed by atoms with Gasteiger partial charge in [-0.25, -0.2) is 0 Å². The molecule has 0 spiro atoms. The molecule has 0 saturated heterocycles. The summed E-state index contributed by atoms with van der Waals surface area (Å²) in [4.78, 5) is 0. The molecule has 0 aromatic heterocycles. The van der Waals surface area contributed by atoms with Crippen molar-refractivity contribution in [2.24, 2.45) is 0 Å². The third kappa shape index (κ3) is 8.92. The first-order valence-corrected chi connectivity index (χ1v) is 4.41. The molecule has 0 N–H and O–H groups in total. The Labute approximate surface area is 61.7 Å². The SMILES string of the molecule is CC[SiH2]CC.[Zr]. The summed E-state index contributed by atoms with van der Waals surface area (Å²) in [5, 5.41) is 0. The van der Waals surface area contributed by atoms with E-state index >= 15 is 0 Å². The van der Waals surface area contributed by atoms with Crippen molar-refractivity contribution in [1.29, 1.82) is 0 Å². The van der Waals surface area contributed by atoms with Gasteiger partial charge in [-0.2, -0.15) is 0 Å². The molecule has 36 valence electrons. The van der Waals surface area contributed by atoms with Crippen LogP contribution < -0.4 is 0 Å². The first-order chi connectivity index (χ1) is 2.41. The maximum Gasteiger partial charge on any atom is 0.0192 e. The fraction of sp³-hybridized carbons (Fsp3) is 1.00. The molecule has 0 saturated carbocycles. The first kappa shape index (κ1) is 10.2. The predicted molar refractivity (Wildman–Crippen MR) is 29.5 cm³/mol. The zero-order chi connectivity index (χ0) is 4.12. The van der Waals surface area contributed by atoms with E-state index in [0.717, 1.165) is 0 Å². The second-order valence-corrected chi connectivity index (χ2v) is 4.06. The van der Waals surface area contributed by atoms with Crippen molar-refractivity contribution in [2.45, 2.75) is 25.9 Å². The van der Waals surface area contributed by atoms with Gasteiger partial charge in [-0.3, -0.25) is 0 Å². The van der Waals surface area contributed by atoms with Crippen molar-refractivity contribution in [1.82, 2.24) is 0 Å². The van der Waals surface area contributed by atoms with E-state index in [1.54, 1.807) is 0 Å². The number of rotatable bonds is 2. The molecule has 0 bridgehead atoms. The Morgan fingerprint density at radius 3 is 1.50 bits per heavy atom. The molecule has 2 heteroatoms. The molecule has 0 aliphatic rings. The van der Waals surface area contributed by atoms with Crippen LogP contribution in [0.15, 0.2) is 0 Å². The van der Waals surface area contributed by atoms with Gasteiger partial charge in [-0.1, -0.05) is 25.9 Å². The Balaban J connectivity index is 0. The average Bonchev–Trinajstić information content (AvgIpc) is 1.41. The molecule has 0 atom stereocenters. The van der Waals surface area contributed by atoms with Crippen molar-refractivity contribution in [3.63, 3.8) is 0 Å². The topological polar surface area (TPSA) is 0 Å². The first-order valence-electron chi connectivity index (χ1n) is 2.41. The van der Waals surface area contributed by atoms with Gasteiger partial charge in [0.25, 0.3) is 0 Å². The Morgan fingerprint density at radius 1 is 1.17 bits per heavy atom. The summed E-state index contributed by atoms with van der Waals surface area (Å²) in [6.07, 6.45) is 0. The Kier molecular flexibility index (Phi) is 16.0. The van der Waals surface area contributed by atoms with E-state index in [4.69, 9.17) is 0 Å². The van der Waals surface area contributed by atoms with Gasteiger partial charge in [-0.15, -0.1) is 0 Å². The van der Waals surface area contributed by atoms with E-state index in [-0.39, 0.29) is 26.2 Å². The minimum Gasteiger partial charge on any atom is -0.0683 e. The normalized spacial score (nSPS) is 7.00. The summed E-state index contributed by atoms with van der Waals surface area (Å²) < 4.78 is 0. The van der Waals surface area contributed by atoms with Crippen LogP contribution in [-0.4, -0.2) is 9.52 Å². The monoisotopic (exact) mass is 178 g/mol. The van der Waals surface area contributed by atoms with Crippen molar-refractivity contribution in [3.05, 3.63) is 0 Å². The summed E-state index contributed by atoms with van der Waals surface area (Å²) in [5.74, 6) is 0. The maximum absolute atomic E-state index is 2.27. The van der Waals surface area contributed by atoms with Crippen LogP contribution in [0.4, 0.5) is 0 Å². The van der Waals surface area contributed by atoms with Gasteiger partial charge in [0, 0.05) is 35.7 Å². The zero-order valence-corrected chi connectivity index (χ0v) is 8.49. The molecule has 0 aromatic rings. The summed E-state index contributed by atoms with van der Waals surface area (Å²) in [7, 11) is 0.432. The fourth-order valence-corrected chi connectivity index (χ4v) is 1.06. The van der Waals surface area contributed by atoms with E-state index in [1.807, 2.05) is 0 Å². The Morgan fingerprint density at radius 2 is 1.50 bits per heavy atom. The molecule has 0 aliphatic carbocycles. The number of hydrogen-bond acceptors (Lipinski definition) is 0. The van der Waals surface area contributed by atoms with Gasteiger partial charge in [-0.05, 0) is 0 Å². The van der Waals surface area contributed by atoms with Crippen LogP contribution in [0.25, 0.3) is 0 Å². The molecule has 0 aliphatic heterocycles.